The number of amides is 1. The summed E-state index contributed by atoms with van der Waals surface area (Å²) in [5.41, 5.74) is 4.68. The summed E-state index contributed by atoms with van der Waals surface area (Å²) in [4.78, 5) is 23.6. The maximum absolute atomic E-state index is 14.0. The number of aryl methyl sites for hydroxylation is 1. The molecule has 0 aliphatic carbocycles. The lowest BCUT2D eigenvalue weighted by atomic mass is 9.99. The van der Waals surface area contributed by atoms with Crippen molar-refractivity contribution in [2.24, 2.45) is 5.92 Å². The molecule has 0 saturated carbocycles. The molecular formula is C34H52N4O. The average Bonchev–Trinajstić information content (AvgIpc) is 2.96. The SMILES string of the molecule is CCCCCc1ccc(C(=O)N(Cc2ccc(N3CCN(C)CC3)cc2)C2CCN(CCC(C)C)CC2)cc1. The molecule has 0 spiro atoms. The molecule has 2 aliphatic heterocycles. The Balaban J connectivity index is 1.45. The van der Waals surface area contributed by atoms with Crippen molar-refractivity contribution in [3.8, 4) is 0 Å². The van der Waals surface area contributed by atoms with Gasteiger partial charge in [0, 0.05) is 63.1 Å². The zero-order valence-corrected chi connectivity index (χ0v) is 25.1. The van der Waals surface area contributed by atoms with E-state index in [4.69, 9.17) is 0 Å². The zero-order valence-electron chi connectivity index (χ0n) is 25.1. The molecule has 5 heteroatoms. The lowest BCUT2D eigenvalue weighted by molar-refractivity contribution is 0.0546. The summed E-state index contributed by atoms with van der Waals surface area (Å²) in [5, 5.41) is 0. The molecule has 0 radical (unpaired) electrons. The number of hydrogen-bond donors (Lipinski definition) is 0. The van der Waals surface area contributed by atoms with Gasteiger partial charge in [0.2, 0.25) is 0 Å². The molecule has 4 rings (SSSR count). The van der Waals surface area contributed by atoms with E-state index in [-0.39, 0.29) is 11.9 Å². The Labute approximate surface area is 238 Å². The number of nitrogens with zero attached hydrogens (tertiary/aromatic N) is 4. The van der Waals surface area contributed by atoms with Crippen LogP contribution in [0.15, 0.2) is 48.5 Å². The largest absolute Gasteiger partial charge is 0.369 e. The molecule has 0 aromatic heterocycles. The topological polar surface area (TPSA) is 30.0 Å². The highest BCUT2D eigenvalue weighted by molar-refractivity contribution is 5.94. The van der Waals surface area contributed by atoms with Crippen molar-refractivity contribution in [1.82, 2.24) is 14.7 Å². The number of unbranched alkanes of at least 4 members (excludes halogenated alkanes) is 2. The fourth-order valence-corrected chi connectivity index (χ4v) is 5.89. The summed E-state index contributed by atoms with van der Waals surface area (Å²) in [6.07, 6.45) is 8.17. The second-order valence-electron chi connectivity index (χ2n) is 12.3. The average molecular weight is 533 g/mol. The molecule has 39 heavy (non-hydrogen) atoms. The van der Waals surface area contributed by atoms with Crippen LogP contribution in [0.2, 0.25) is 0 Å². The maximum Gasteiger partial charge on any atom is 0.254 e. The number of carbonyl (C=O) groups is 1. The molecule has 2 aromatic rings. The normalized spacial score (nSPS) is 17.6. The van der Waals surface area contributed by atoms with Gasteiger partial charge in [-0.1, -0.05) is 57.9 Å². The number of benzene rings is 2. The van der Waals surface area contributed by atoms with Crippen LogP contribution < -0.4 is 4.90 Å². The van der Waals surface area contributed by atoms with E-state index >= 15 is 0 Å². The number of rotatable bonds is 12. The Morgan fingerprint density at radius 2 is 1.51 bits per heavy atom. The fourth-order valence-electron chi connectivity index (χ4n) is 5.89. The molecule has 1 amide bonds. The second-order valence-corrected chi connectivity index (χ2v) is 12.3. The third-order valence-corrected chi connectivity index (χ3v) is 8.71. The summed E-state index contributed by atoms with van der Waals surface area (Å²) >= 11 is 0. The van der Waals surface area contributed by atoms with Crippen LogP contribution in [-0.2, 0) is 13.0 Å². The van der Waals surface area contributed by atoms with Gasteiger partial charge in [-0.15, -0.1) is 0 Å². The lowest BCUT2D eigenvalue weighted by Gasteiger charge is -2.39. The quantitative estimate of drug-likeness (QED) is 0.299. The van der Waals surface area contributed by atoms with E-state index in [2.05, 4.69) is 95.9 Å². The smallest absolute Gasteiger partial charge is 0.254 e. The first-order chi connectivity index (χ1) is 18.9. The predicted octanol–water partition coefficient (Wildman–Crippen LogP) is 6.32. The summed E-state index contributed by atoms with van der Waals surface area (Å²) in [7, 11) is 2.20. The number of piperidine rings is 1. The molecule has 0 N–H and O–H groups in total. The Bertz CT molecular complexity index is 987. The van der Waals surface area contributed by atoms with E-state index in [1.165, 1.54) is 49.0 Å². The first-order valence-electron chi connectivity index (χ1n) is 15.6. The Kier molecular flexibility index (Phi) is 11.3. The van der Waals surface area contributed by atoms with Crippen LogP contribution in [0, 0.1) is 5.92 Å². The van der Waals surface area contributed by atoms with Crippen LogP contribution in [0.5, 0.6) is 0 Å². The minimum Gasteiger partial charge on any atom is -0.369 e. The van der Waals surface area contributed by atoms with E-state index in [1.807, 2.05) is 0 Å². The Hall–Kier alpha value is -2.37. The Morgan fingerprint density at radius 1 is 0.872 bits per heavy atom. The van der Waals surface area contributed by atoms with E-state index in [0.29, 0.717) is 6.54 Å². The van der Waals surface area contributed by atoms with Crippen molar-refractivity contribution in [3.05, 3.63) is 65.2 Å². The first kappa shape index (κ1) is 29.6. The minimum absolute atomic E-state index is 0.180. The maximum atomic E-state index is 14.0. The van der Waals surface area contributed by atoms with Gasteiger partial charge in [0.15, 0.2) is 0 Å². The molecule has 2 fully saturated rings. The highest BCUT2D eigenvalue weighted by Crippen LogP contribution is 2.24. The fraction of sp³-hybridized carbons (Fsp3) is 0.618. The van der Waals surface area contributed by atoms with Crippen LogP contribution in [-0.4, -0.2) is 79.5 Å². The monoisotopic (exact) mass is 532 g/mol. The van der Waals surface area contributed by atoms with Crippen LogP contribution in [0.1, 0.15) is 80.8 Å². The van der Waals surface area contributed by atoms with E-state index < -0.39 is 0 Å². The van der Waals surface area contributed by atoms with Gasteiger partial charge in [0.1, 0.15) is 0 Å². The summed E-state index contributed by atoms with van der Waals surface area (Å²) in [5.74, 6) is 0.915. The zero-order chi connectivity index (χ0) is 27.6. The summed E-state index contributed by atoms with van der Waals surface area (Å²) < 4.78 is 0. The van der Waals surface area contributed by atoms with Gasteiger partial charge in [-0.25, -0.2) is 0 Å². The van der Waals surface area contributed by atoms with Crippen molar-refractivity contribution < 1.29 is 4.79 Å². The highest BCUT2D eigenvalue weighted by atomic mass is 16.2. The van der Waals surface area contributed by atoms with Crippen molar-refractivity contribution >= 4 is 11.6 Å². The van der Waals surface area contributed by atoms with Crippen LogP contribution in [0.4, 0.5) is 5.69 Å². The van der Waals surface area contributed by atoms with Gasteiger partial charge in [-0.05, 0) is 87.0 Å². The molecular weight excluding hydrogens is 480 g/mol. The van der Waals surface area contributed by atoms with Gasteiger partial charge >= 0.3 is 0 Å². The van der Waals surface area contributed by atoms with Crippen molar-refractivity contribution in [2.75, 3.05) is 57.8 Å². The van der Waals surface area contributed by atoms with Gasteiger partial charge in [0.25, 0.3) is 5.91 Å². The predicted molar refractivity (Wildman–Crippen MR) is 165 cm³/mol. The van der Waals surface area contributed by atoms with Crippen LogP contribution in [0.25, 0.3) is 0 Å². The van der Waals surface area contributed by atoms with Gasteiger partial charge in [-0.2, -0.15) is 0 Å². The third-order valence-electron chi connectivity index (χ3n) is 8.71. The molecule has 0 unspecified atom stereocenters. The number of anilines is 1. The van der Waals surface area contributed by atoms with Crippen molar-refractivity contribution in [1.29, 1.82) is 0 Å². The molecule has 214 valence electrons. The summed E-state index contributed by atoms with van der Waals surface area (Å²) in [6, 6.07) is 17.7. The van der Waals surface area contributed by atoms with Gasteiger partial charge < -0.3 is 19.6 Å². The lowest BCUT2D eigenvalue weighted by Crippen LogP contribution is -2.47. The second kappa shape index (κ2) is 14.9. The third kappa shape index (κ3) is 8.81. The van der Waals surface area contributed by atoms with E-state index in [9.17, 15) is 4.79 Å². The summed E-state index contributed by atoms with van der Waals surface area (Å²) in [6.45, 7) is 15.2. The molecule has 2 saturated heterocycles. The number of likely N-dealkylation sites (tertiary alicyclic amines) is 1. The molecule has 2 aliphatic rings. The molecule has 2 aromatic carbocycles. The highest BCUT2D eigenvalue weighted by Gasteiger charge is 2.29. The first-order valence-corrected chi connectivity index (χ1v) is 15.6. The van der Waals surface area contributed by atoms with Gasteiger partial charge in [0.05, 0.1) is 0 Å². The number of carbonyl (C=O) groups excluding carboxylic acids is 1. The number of hydrogen-bond acceptors (Lipinski definition) is 4. The Morgan fingerprint density at radius 3 is 2.13 bits per heavy atom. The standard InChI is InChI=1S/C34H52N4O/c1-5-6-7-8-29-9-13-31(14-10-29)34(39)38(33-18-21-36(22-19-33)20-17-28(2)3)27-30-11-15-32(16-12-30)37-25-23-35(4)24-26-37/h9-16,28,33H,5-8,17-27H2,1-4H3. The van der Waals surface area contributed by atoms with Crippen LogP contribution >= 0.6 is 0 Å². The van der Waals surface area contributed by atoms with Crippen molar-refractivity contribution in [2.45, 2.75) is 78.3 Å². The molecule has 0 bridgehead atoms. The molecule has 5 nitrogen and oxygen atoms in total. The van der Waals surface area contributed by atoms with Crippen molar-refractivity contribution in [3.63, 3.8) is 0 Å². The van der Waals surface area contributed by atoms with Crippen LogP contribution in [0.3, 0.4) is 0 Å². The number of likely N-dealkylation sites (N-methyl/N-ethyl adjacent to an activating group) is 1. The van der Waals surface area contributed by atoms with Gasteiger partial charge in [-0.3, -0.25) is 4.79 Å². The minimum atomic E-state index is 0.180. The van der Waals surface area contributed by atoms with E-state index in [0.717, 1.165) is 70.0 Å². The molecule has 0 atom stereocenters. The molecule has 2 heterocycles. The van der Waals surface area contributed by atoms with E-state index in [1.54, 1.807) is 0 Å². The number of piperazine rings is 1.